The van der Waals surface area contributed by atoms with Crippen molar-refractivity contribution in [3.05, 3.63) is 23.5 Å². The molecule has 0 aliphatic carbocycles. The number of hydrogen-bond donors (Lipinski definition) is 1. The summed E-state index contributed by atoms with van der Waals surface area (Å²) >= 11 is 0. The highest BCUT2D eigenvalue weighted by Crippen LogP contribution is 2.26. The van der Waals surface area contributed by atoms with Crippen LogP contribution in [0.2, 0.25) is 0 Å². The van der Waals surface area contributed by atoms with E-state index in [4.69, 9.17) is 5.11 Å². The van der Waals surface area contributed by atoms with Crippen molar-refractivity contribution in [1.82, 2.24) is 4.57 Å². The van der Waals surface area contributed by atoms with Gasteiger partial charge >= 0.3 is 5.97 Å². The van der Waals surface area contributed by atoms with E-state index in [1.165, 1.54) is 11.4 Å². The topological polar surface area (TPSA) is 42.2 Å². The molecule has 0 atom stereocenters. The Morgan fingerprint density at radius 1 is 1.33 bits per heavy atom. The summed E-state index contributed by atoms with van der Waals surface area (Å²) in [6.45, 7) is 8.26. The van der Waals surface area contributed by atoms with Crippen molar-refractivity contribution in [2.45, 2.75) is 46.1 Å². The highest BCUT2D eigenvalue weighted by Gasteiger charge is 2.23. The van der Waals surface area contributed by atoms with Crippen molar-refractivity contribution in [2.75, 3.05) is 0 Å². The van der Waals surface area contributed by atoms with Crippen LogP contribution in [0, 0.1) is 13.8 Å². The van der Waals surface area contributed by atoms with Crippen LogP contribution in [0.25, 0.3) is 0 Å². The van der Waals surface area contributed by atoms with Gasteiger partial charge in [-0.05, 0) is 46.2 Å². The number of nitrogens with zero attached hydrogens (tertiary/aromatic N) is 1. The Bertz CT molecular complexity index is 344. The first-order valence-electron chi connectivity index (χ1n) is 5.22. The largest absolute Gasteiger partial charge is 0.481 e. The fraction of sp³-hybridized carbons (Fsp3) is 0.583. The molecule has 15 heavy (non-hydrogen) atoms. The second-order valence-corrected chi connectivity index (χ2v) is 4.66. The maximum atomic E-state index is 10.6. The van der Waals surface area contributed by atoms with Crippen LogP contribution in [0.5, 0.6) is 0 Å². The zero-order valence-electron chi connectivity index (χ0n) is 9.87. The lowest BCUT2D eigenvalue weighted by Gasteiger charge is -2.30. The molecule has 3 heteroatoms. The SMILES string of the molecule is Cc1ccc(C)n1C(C)(C)CCC(=O)O. The Morgan fingerprint density at radius 3 is 2.20 bits per heavy atom. The third-order valence-corrected chi connectivity index (χ3v) is 2.83. The monoisotopic (exact) mass is 209 g/mol. The summed E-state index contributed by atoms with van der Waals surface area (Å²) in [5.74, 6) is -0.731. The summed E-state index contributed by atoms with van der Waals surface area (Å²) in [6.07, 6.45) is 0.864. The average molecular weight is 209 g/mol. The van der Waals surface area contributed by atoms with E-state index in [2.05, 4.69) is 44.4 Å². The summed E-state index contributed by atoms with van der Waals surface area (Å²) in [6, 6.07) is 4.13. The summed E-state index contributed by atoms with van der Waals surface area (Å²) in [5.41, 5.74) is 2.24. The van der Waals surface area contributed by atoms with Crippen LogP contribution in [-0.2, 0) is 10.3 Å². The smallest absolute Gasteiger partial charge is 0.303 e. The molecule has 0 saturated heterocycles. The number of aliphatic carboxylic acids is 1. The quantitative estimate of drug-likeness (QED) is 0.828. The van der Waals surface area contributed by atoms with E-state index in [0.717, 1.165) is 0 Å². The van der Waals surface area contributed by atoms with Gasteiger partial charge in [-0.3, -0.25) is 4.79 Å². The summed E-state index contributed by atoms with van der Waals surface area (Å²) < 4.78 is 2.20. The summed E-state index contributed by atoms with van der Waals surface area (Å²) in [4.78, 5) is 10.6. The molecule has 1 aromatic heterocycles. The van der Waals surface area contributed by atoms with Crippen LogP contribution in [0.15, 0.2) is 12.1 Å². The van der Waals surface area contributed by atoms with Gasteiger partial charge in [-0.2, -0.15) is 0 Å². The number of hydrogen-bond acceptors (Lipinski definition) is 1. The van der Waals surface area contributed by atoms with Crippen molar-refractivity contribution in [1.29, 1.82) is 0 Å². The highest BCUT2D eigenvalue weighted by molar-refractivity contribution is 5.66. The van der Waals surface area contributed by atoms with E-state index in [-0.39, 0.29) is 12.0 Å². The lowest BCUT2D eigenvalue weighted by atomic mass is 9.97. The predicted molar refractivity (Wildman–Crippen MR) is 60.1 cm³/mol. The van der Waals surface area contributed by atoms with Gasteiger partial charge in [0.2, 0.25) is 0 Å². The maximum Gasteiger partial charge on any atom is 0.303 e. The predicted octanol–water partition coefficient (Wildman–Crippen LogP) is 2.70. The molecule has 0 spiro atoms. The van der Waals surface area contributed by atoms with Crippen LogP contribution < -0.4 is 0 Å². The molecule has 0 saturated carbocycles. The van der Waals surface area contributed by atoms with Gasteiger partial charge in [-0.1, -0.05) is 0 Å². The first-order chi connectivity index (χ1) is 6.84. The summed E-state index contributed by atoms with van der Waals surface area (Å²) in [7, 11) is 0. The van der Waals surface area contributed by atoms with Crippen molar-refractivity contribution in [2.24, 2.45) is 0 Å². The lowest BCUT2D eigenvalue weighted by molar-refractivity contribution is -0.137. The van der Waals surface area contributed by atoms with Crippen LogP contribution in [-0.4, -0.2) is 15.6 Å². The molecule has 1 aromatic rings. The Morgan fingerprint density at radius 2 is 1.80 bits per heavy atom. The van der Waals surface area contributed by atoms with Gasteiger partial charge in [-0.25, -0.2) is 0 Å². The molecule has 0 aliphatic rings. The highest BCUT2D eigenvalue weighted by atomic mass is 16.4. The van der Waals surface area contributed by atoms with Crippen LogP contribution >= 0.6 is 0 Å². The van der Waals surface area contributed by atoms with E-state index < -0.39 is 5.97 Å². The molecule has 1 rings (SSSR count). The molecule has 1 heterocycles. The van der Waals surface area contributed by atoms with E-state index >= 15 is 0 Å². The zero-order valence-corrected chi connectivity index (χ0v) is 9.87. The maximum absolute atomic E-state index is 10.6. The first kappa shape index (κ1) is 11.8. The minimum absolute atomic E-state index is 0.129. The van der Waals surface area contributed by atoms with Gasteiger partial charge in [0.25, 0.3) is 0 Å². The van der Waals surface area contributed by atoms with E-state index in [9.17, 15) is 4.79 Å². The van der Waals surface area contributed by atoms with Crippen LogP contribution in [0.3, 0.4) is 0 Å². The van der Waals surface area contributed by atoms with Gasteiger partial charge in [0.15, 0.2) is 0 Å². The molecule has 84 valence electrons. The molecule has 0 aromatic carbocycles. The first-order valence-corrected chi connectivity index (χ1v) is 5.22. The molecule has 0 amide bonds. The normalized spacial score (nSPS) is 11.7. The molecule has 0 unspecified atom stereocenters. The molecule has 0 fully saturated rings. The second kappa shape index (κ2) is 4.09. The molecule has 0 aliphatic heterocycles. The Balaban J connectivity index is 2.90. The number of carboxylic acids is 1. The van der Waals surface area contributed by atoms with Crippen molar-refractivity contribution in [3.8, 4) is 0 Å². The molecule has 1 N–H and O–H groups in total. The average Bonchev–Trinajstić information content (AvgIpc) is 2.43. The second-order valence-electron chi connectivity index (χ2n) is 4.66. The van der Waals surface area contributed by atoms with Gasteiger partial charge < -0.3 is 9.67 Å². The Kier molecular flexibility index (Phi) is 3.22. The number of rotatable bonds is 4. The third kappa shape index (κ3) is 2.61. The molecule has 3 nitrogen and oxygen atoms in total. The van der Waals surface area contributed by atoms with E-state index in [1.807, 2.05) is 0 Å². The molecule has 0 bridgehead atoms. The number of aryl methyl sites for hydroxylation is 2. The Hall–Kier alpha value is -1.25. The Labute approximate surface area is 90.7 Å². The minimum atomic E-state index is -0.731. The van der Waals surface area contributed by atoms with Crippen molar-refractivity contribution >= 4 is 5.97 Å². The van der Waals surface area contributed by atoms with E-state index in [0.29, 0.717) is 6.42 Å². The molecular formula is C12H19NO2. The van der Waals surface area contributed by atoms with Gasteiger partial charge in [0, 0.05) is 23.3 Å². The standard InChI is InChI=1S/C12H19NO2/c1-9-5-6-10(2)13(9)12(3,4)8-7-11(14)15/h5-6H,7-8H2,1-4H3,(H,14,15). The third-order valence-electron chi connectivity index (χ3n) is 2.83. The number of carbonyl (C=O) groups is 1. The fourth-order valence-corrected chi connectivity index (χ4v) is 2.15. The molecular weight excluding hydrogens is 190 g/mol. The van der Waals surface area contributed by atoms with Gasteiger partial charge in [0.05, 0.1) is 0 Å². The van der Waals surface area contributed by atoms with Crippen LogP contribution in [0.1, 0.15) is 38.1 Å². The zero-order chi connectivity index (χ0) is 11.6. The fourth-order valence-electron chi connectivity index (χ4n) is 2.15. The minimum Gasteiger partial charge on any atom is -0.481 e. The van der Waals surface area contributed by atoms with Crippen molar-refractivity contribution in [3.63, 3.8) is 0 Å². The number of aromatic nitrogens is 1. The lowest BCUT2D eigenvalue weighted by Crippen LogP contribution is -2.29. The van der Waals surface area contributed by atoms with Crippen LogP contribution in [0.4, 0.5) is 0 Å². The molecule has 0 radical (unpaired) electrons. The van der Waals surface area contributed by atoms with Gasteiger partial charge in [-0.15, -0.1) is 0 Å². The van der Waals surface area contributed by atoms with Gasteiger partial charge in [0.1, 0.15) is 0 Å². The van der Waals surface area contributed by atoms with Crippen molar-refractivity contribution < 1.29 is 9.90 Å². The number of carboxylic acid groups (broad SMARTS) is 1. The van der Waals surface area contributed by atoms with E-state index in [1.54, 1.807) is 0 Å². The summed E-state index contributed by atoms with van der Waals surface area (Å²) in [5, 5.41) is 8.70.